The predicted molar refractivity (Wildman–Crippen MR) is 71.2 cm³/mol. The molecular weight excluding hydrogens is 319 g/mol. The highest BCUT2D eigenvalue weighted by atomic mass is 79.9. The Kier molecular flexibility index (Phi) is 3.96. The van der Waals surface area contributed by atoms with Gasteiger partial charge < -0.3 is 5.73 Å². The maximum absolute atomic E-state index is 13.7. The van der Waals surface area contributed by atoms with Gasteiger partial charge in [-0.05, 0) is 30.2 Å². The molecule has 2 aromatic rings. The van der Waals surface area contributed by atoms with Gasteiger partial charge in [-0.15, -0.1) is 0 Å². The fourth-order valence-electron chi connectivity index (χ4n) is 1.96. The van der Waals surface area contributed by atoms with Gasteiger partial charge in [0.05, 0.1) is 6.04 Å². The molecule has 2 rings (SSSR count). The van der Waals surface area contributed by atoms with Crippen LogP contribution in [0.4, 0.5) is 13.2 Å². The van der Waals surface area contributed by atoms with Crippen molar-refractivity contribution in [1.82, 2.24) is 0 Å². The lowest BCUT2D eigenvalue weighted by Gasteiger charge is -2.15. The molecule has 0 aliphatic heterocycles. The third-order valence-electron chi connectivity index (χ3n) is 2.78. The van der Waals surface area contributed by atoms with E-state index in [9.17, 15) is 13.2 Å². The molecule has 5 heteroatoms. The minimum atomic E-state index is -0.989. The zero-order valence-electron chi connectivity index (χ0n) is 10.1. The molecular formula is C14H11BrF3N. The molecule has 0 aliphatic carbocycles. The first-order valence-electron chi connectivity index (χ1n) is 5.55. The molecule has 0 saturated carbocycles. The number of nitrogens with two attached hydrogens (primary N) is 1. The monoisotopic (exact) mass is 329 g/mol. The van der Waals surface area contributed by atoms with Crippen LogP contribution in [0.1, 0.15) is 22.7 Å². The van der Waals surface area contributed by atoms with Gasteiger partial charge in [-0.25, -0.2) is 13.2 Å². The Labute approximate surface area is 117 Å². The fourth-order valence-corrected chi connectivity index (χ4v) is 2.59. The van der Waals surface area contributed by atoms with E-state index in [-0.39, 0.29) is 5.56 Å². The van der Waals surface area contributed by atoms with Crippen molar-refractivity contribution in [3.05, 3.63) is 68.9 Å². The molecule has 100 valence electrons. The van der Waals surface area contributed by atoms with Crippen molar-refractivity contribution in [3.63, 3.8) is 0 Å². The summed E-state index contributed by atoms with van der Waals surface area (Å²) in [5, 5.41) is 0. The second-order valence-corrected chi connectivity index (χ2v) is 5.24. The topological polar surface area (TPSA) is 26.0 Å². The summed E-state index contributed by atoms with van der Waals surface area (Å²) in [6, 6.07) is 5.54. The summed E-state index contributed by atoms with van der Waals surface area (Å²) in [5.74, 6) is -2.93. The minimum Gasteiger partial charge on any atom is -0.320 e. The largest absolute Gasteiger partial charge is 0.320 e. The van der Waals surface area contributed by atoms with Gasteiger partial charge >= 0.3 is 0 Å². The third kappa shape index (κ3) is 2.98. The number of hydrogen-bond donors (Lipinski definition) is 1. The smallest absolute Gasteiger partial charge is 0.134 e. The summed E-state index contributed by atoms with van der Waals surface area (Å²) in [6.45, 7) is 1.85. The first kappa shape index (κ1) is 14.1. The van der Waals surface area contributed by atoms with Gasteiger partial charge in [0.25, 0.3) is 0 Å². The molecule has 0 aliphatic rings. The van der Waals surface area contributed by atoms with Crippen LogP contribution in [0.2, 0.25) is 0 Å². The van der Waals surface area contributed by atoms with Crippen LogP contribution in [0.15, 0.2) is 34.8 Å². The van der Waals surface area contributed by atoms with E-state index in [0.29, 0.717) is 17.7 Å². The van der Waals surface area contributed by atoms with E-state index in [1.807, 2.05) is 13.0 Å². The van der Waals surface area contributed by atoms with E-state index in [4.69, 9.17) is 5.73 Å². The zero-order chi connectivity index (χ0) is 14.2. The number of hydrogen-bond acceptors (Lipinski definition) is 1. The fraction of sp³-hybridized carbons (Fsp3) is 0.143. The number of aryl methyl sites for hydroxylation is 1. The normalized spacial score (nSPS) is 12.5. The lowest BCUT2D eigenvalue weighted by Crippen LogP contribution is -2.16. The van der Waals surface area contributed by atoms with Crippen LogP contribution in [-0.2, 0) is 0 Å². The molecule has 0 saturated heterocycles. The lowest BCUT2D eigenvalue weighted by molar-refractivity contribution is 0.515. The van der Waals surface area contributed by atoms with Crippen molar-refractivity contribution in [2.45, 2.75) is 13.0 Å². The average molecular weight is 330 g/mol. The zero-order valence-corrected chi connectivity index (χ0v) is 11.6. The van der Waals surface area contributed by atoms with E-state index >= 15 is 0 Å². The Morgan fingerprint density at radius 3 is 2.11 bits per heavy atom. The first-order valence-corrected chi connectivity index (χ1v) is 6.35. The first-order chi connectivity index (χ1) is 8.88. The number of halogens is 4. The number of rotatable bonds is 2. The van der Waals surface area contributed by atoms with Crippen LogP contribution in [0.25, 0.3) is 0 Å². The van der Waals surface area contributed by atoms with E-state index in [2.05, 4.69) is 15.9 Å². The van der Waals surface area contributed by atoms with Crippen molar-refractivity contribution in [2.75, 3.05) is 0 Å². The Morgan fingerprint density at radius 2 is 1.58 bits per heavy atom. The van der Waals surface area contributed by atoms with Gasteiger partial charge in [0.2, 0.25) is 0 Å². The van der Waals surface area contributed by atoms with E-state index in [1.54, 1.807) is 12.1 Å². The SMILES string of the molecule is Cc1cc(Br)cc(C(N)c2c(F)cc(F)cc2F)c1. The van der Waals surface area contributed by atoms with E-state index in [1.165, 1.54) is 0 Å². The standard InChI is InChI=1S/C14H11BrF3N/c1-7-2-8(4-9(15)3-7)14(19)13-11(17)5-10(16)6-12(13)18/h2-6,14H,19H2,1H3. The lowest BCUT2D eigenvalue weighted by atomic mass is 9.97. The molecule has 0 amide bonds. The maximum atomic E-state index is 13.7. The van der Waals surface area contributed by atoms with Crippen LogP contribution < -0.4 is 5.73 Å². The molecule has 0 aromatic heterocycles. The predicted octanol–water partition coefficient (Wildman–Crippen LogP) is 4.22. The van der Waals surface area contributed by atoms with Crippen LogP contribution in [-0.4, -0.2) is 0 Å². The van der Waals surface area contributed by atoms with Crippen molar-refractivity contribution in [1.29, 1.82) is 0 Å². The van der Waals surface area contributed by atoms with Crippen molar-refractivity contribution in [2.24, 2.45) is 5.73 Å². The van der Waals surface area contributed by atoms with Crippen LogP contribution in [0.5, 0.6) is 0 Å². The van der Waals surface area contributed by atoms with E-state index < -0.39 is 23.5 Å². The molecule has 2 N–H and O–H groups in total. The summed E-state index contributed by atoms with van der Waals surface area (Å²) < 4.78 is 41.0. The molecule has 0 heterocycles. The van der Waals surface area contributed by atoms with Crippen LogP contribution >= 0.6 is 15.9 Å². The summed E-state index contributed by atoms with van der Waals surface area (Å²) in [7, 11) is 0. The summed E-state index contributed by atoms with van der Waals surface area (Å²) in [6.07, 6.45) is 0. The molecule has 0 bridgehead atoms. The third-order valence-corrected chi connectivity index (χ3v) is 3.24. The Morgan fingerprint density at radius 1 is 1.00 bits per heavy atom. The minimum absolute atomic E-state index is 0.334. The van der Waals surface area contributed by atoms with E-state index in [0.717, 1.165) is 10.0 Å². The Bertz CT molecular complexity index is 585. The molecule has 0 fully saturated rings. The van der Waals surface area contributed by atoms with Gasteiger partial charge in [0.15, 0.2) is 0 Å². The highest BCUT2D eigenvalue weighted by Crippen LogP contribution is 2.28. The van der Waals surface area contributed by atoms with Crippen molar-refractivity contribution in [3.8, 4) is 0 Å². The summed E-state index contributed by atoms with van der Waals surface area (Å²) in [4.78, 5) is 0. The van der Waals surface area contributed by atoms with Crippen molar-refractivity contribution >= 4 is 15.9 Å². The molecule has 1 unspecified atom stereocenters. The van der Waals surface area contributed by atoms with Gasteiger partial charge in [-0.1, -0.05) is 22.0 Å². The Hall–Kier alpha value is -1.33. The quantitative estimate of drug-likeness (QED) is 0.876. The highest BCUT2D eigenvalue weighted by molar-refractivity contribution is 9.10. The van der Waals surface area contributed by atoms with Gasteiger partial charge in [-0.3, -0.25) is 0 Å². The molecule has 2 aromatic carbocycles. The molecule has 1 nitrogen and oxygen atoms in total. The highest BCUT2D eigenvalue weighted by Gasteiger charge is 2.20. The second kappa shape index (κ2) is 5.35. The molecule has 1 atom stereocenters. The summed E-state index contributed by atoms with van der Waals surface area (Å²) >= 11 is 3.30. The van der Waals surface area contributed by atoms with Gasteiger partial charge in [-0.2, -0.15) is 0 Å². The molecule has 0 spiro atoms. The number of benzene rings is 2. The molecule has 19 heavy (non-hydrogen) atoms. The average Bonchev–Trinajstić information content (AvgIpc) is 2.25. The van der Waals surface area contributed by atoms with Gasteiger partial charge in [0.1, 0.15) is 17.5 Å². The van der Waals surface area contributed by atoms with Crippen LogP contribution in [0.3, 0.4) is 0 Å². The molecule has 0 radical (unpaired) electrons. The summed E-state index contributed by atoms with van der Waals surface area (Å²) in [5.41, 5.74) is 7.01. The maximum Gasteiger partial charge on any atom is 0.134 e. The van der Waals surface area contributed by atoms with Crippen molar-refractivity contribution < 1.29 is 13.2 Å². The van der Waals surface area contributed by atoms with Crippen LogP contribution in [0, 0.1) is 24.4 Å². The Balaban J connectivity index is 2.52. The van der Waals surface area contributed by atoms with Gasteiger partial charge in [0, 0.05) is 22.2 Å². The second-order valence-electron chi connectivity index (χ2n) is 4.32.